The summed E-state index contributed by atoms with van der Waals surface area (Å²) < 4.78 is 13.2. The summed E-state index contributed by atoms with van der Waals surface area (Å²) in [6, 6.07) is 4.93. The van der Waals surface area contributed by atoms with Gasteiger partial charge in [-0.05, 0) is 48.9 Å². The summed E-state index contributed by atoms with van der Waals surface area (Å²) in [4.78, 5) is 0. The number of benzene rings is 1. The molecule has 1 nitrogen and oxygen atoms in total. The van der Waals surface area contributed by atoms with E-state index in [-0.39, 0.29) is 5.82 Å². The molecule has 0 heterocycles. The van der Waals surface area contributed by atoms with Crippen LogP contribution in [0.15, 0.2) is 18.2 Å². The lowest BCUT2D eigenvalue weighted by molar-refractivity contribution is 0.568. The van der Waals surface area contributed by atoms with E-state index in [1.807, 2.05) is 11.8 Å². The number of rotatable bonds is 8. The normalized spacial score (nSPS) is 12.7. The van der Waals surface area contributed by atoms with Crippen molar-refractivity contribution in [2.24, 2.45) is 0 Å². The third-order valence-corrected chi connectivity index (χ3v) is 4.34. The first-order valence-electron chi connectivity index (χ1n) is 6.42. The zero-order chi connectivity index (χ0) is 13.4. The highest BCUT2D eigenvalue weighted by Gasteiger charge is 2.11. The second kappa shape index (κ2) is 8.78. The fourth-order valence-electron chi connectivity index (χ4n) is 1.81. The van der Waals surface area contributed by atoms with E-state index in [0.717, 1.165) is 24.3 Å². The van der Waals surface area contributed by atoms with E-state index in [2.05, 4.69) is 19.2 Å². The van der Waals surface area contributed by atoms with Crippen molar-refractivity contribution in [2.45, 2.75) is 32.7 Å². The number of nitrogens with one attached hydrogen (secondary N) is 1. The Morgan fingerprint density at radius 3 is 2.83 bits per heavy atom. The van der Waals surface area contributed by atoms with Crippen LogP contribution in [0.4, 0.5) is 4.39 Å². The van der Waals surface area contributed by atoms with E-state index in [0.29, 0.717) is 11.1 Å². The van der Waals surface area contributed by atoms with Crippen LogP contribution in [0.1, 0.15) is 25.8 Å². The van der Waals surface area contributed by atoms with Gasteiger partial charge >= 0.3 is 0 Å². The van der Waals surface area contributed by atoms with E-state index < -0.39 is 0 Å². The molecule has 0 radical (unpaired) electrons. The third-order valence-electron chi connectivity index (χ3n) is 2.63. The van der Waals surface area contributed by atoms with Gasteiger partial charge in [0.25, 0.3) is 0 Å². The maximum Gasteiger partial charge on any atom is 0.123 e. The van der Waals surface area contributed by atoms with Gasteiger partial charge in [0.05, 0.1) is 0 Å². The largest absolute Gasteiger partial charge is 0.313 e. The van der Waals surface area contributed by atoms with Crippen molar-refractivity contribution in [3.63, 3.8) is 0 Å². The molecule has 102 valence electrons. The van der Waals surface area contributed by atoms with Crippen molar-refractivity contribution < 1.29 is 4.39 Å². The van der Waals surface area contributed by atoms with Gasteiger partial charge in [-0.15, -0.1) is 0 Å². The van der Waals surface area contributed by atoms with Gasteiger partial charge in [-0.1, -0.05) is 25.4 Å². The monoisotopic (exact) mass is 289 g/mol. The van der Waals surface area contributed by atoms with Crippen molar-refractivity contribution >= 4 is 23.4 Å². The number of hydrogen-bond acceptors (Lipinski definition) is 2. The molecular formula is C14H21ClFNS. The molecule has 1 rings (SSSR count). The molecule has 0 amide bonds. The summed E-state index contributed by atoms with van der Waals surface area (Å²) in [6.07, 6.45) is 1.96. The van der Waals surface area contributed by atoms with Gasteiger partial charge in [0.15, 0.2) is 0 Å². The molecular weight excluding hydrogens is 269 g/mol. The third kappa shape index (κ3) is 5.59. The first-order valence-corrected chi connectivity index (χ1v) is 7.95. The molecule has 0 fully saturated rings. The number of likely N-dealkylation sites (N-methyl/N-ethyl adjacent to an activating group) is 1. The smallest absolute Gasteiger partial charge is 0.123 e. The lowest BCUT2D eigenvalue weighted by Gasteiger charge is -2.18. The zero-order valence-electron chi connectivity index (χ0n) is 11.0. The Kier molecular flexibility index (Phi) is 7.71. The van der Waals surface area contributed by atoms with Crippen LogP contribution in [0, 0.1) is 5.82 Å². The van der Waals surface area contributed by atoms with Crippen LogP contribution in [-0.2, 0) is 6.42 Å². The van der Waals surface area contributed by atoms with Gasteiger partial charge in [-0.3, -0.25) is 0 Å². The van der Waals surface area contributed by atoms with Crippen molar-refractivity contribution in [3.8, 4) is 0 Å². The molecule has 0 saturated heterocycles. The van der Waals surface area contributed by atoms with E-state index in [1.165, 1.54) is 24.3 Å². The van der Waals surface area contributed by atoms with Gasteiger partial charge in [0, 0.05) is 16.8 Å². The predicted molar refractivity (Wildman–Crippen MR) is 80.2 cm³/mol. The molecule has 1 aromatic carbocycles. The lowest BCUT2D eigenvalue weighted by atomic mass is 10.1. The maximum absolute atomic E-state index is 13.2. The van der Waals surface area contributed by atoms with E-state index in [9.17, 15) is 4.39 Å². The highest BCUT2D eigenvalue weighted by Crippen LogP contribution is 2.20. The second-order valence-corrected chi connectivity index (χ2v) is 5.83. The predicted octanol–water partition coefficient (Wildman–Crippen LogP) is 4.14. The Morgan fingerprint density at radius 2 is 2.17 bits per heavy atom. The van der Waals surface area contributed by atoms with Crippen LogP contribution in [0.25, 0.3) is 0 Å². The Bertz CT molecular complexity index is 360. The van der Waals surface area contributed by atoms with Gasteiger partial charge in [0.1, 0.15) is 5.82 Å². The molecule has 0 aliphatic rings. The molecule has 0 bridgehead atoms. The maximum atomic E-state index is 13.2. The van der Waals surface area contributed by atoms with E-state index in [4.69, 9.17) is 11.6 Å². The summed E-state index contributed by atoms with van der Waals surface area (Å²) in [7, 11) is 0. The molecule has 0 saturated carbocycles. The molecule has 0 spiro atoms. The second-order valence-electron chi connectivity index (χ2n) is 4.27. The summed E-state index contributed by atoms with van der Waals surface area (Å²) in [5.74, 6) is 1.98. The fourth-order valence-corrected chi connectivity index (χ4v) is 2.98. The zero-order valence-corrected chi connectivity index (χ0v) is 12.6. The minimum absolute atomic E-state index is 0.217. The molecule has 1 N–H and O–H groups in total. The SMILES string of the molecule is CCCSCC(Cc1cc(F)ccc1Cl)NCC. The fraction of sp³-hybridized carbons (Fsp3) is 0.571. The van der Waals surface area contributed by atoms with Crippen LogP contribution < -0.4 is 5.32 Å². The lowest BCUT2D eigenvalue weighted by Crippen LogP contribution is -2.33. The average molecular weight is 290 g/mol. The van der Waals surface area contributed by atoms with Crippen molar-refractivity contribution in [3.05, 3.63) is 34.6 Å². The van der Waals surface area contributed by atoms with Crippen LogP contribution in [0.3, 0.4) is 0 Å². The highest BCUT2D eigenvalue weighted by atomic mass is 35.5. The van der Waals surface area contributed by atoms with Crippen molar-refractivity contribution in [1.29, 1.82) is 0 Å². The molecule has 0 aromatic heterocycles. The number of halogens is 2. The Hall–Kier alpha value is -0.250. The minimum atomic E-state index is -0.217. The van der Waals surface area contributed by atoms with Crippen LogP contribution in [-0.4, -0.2) is 24.1 Å². The van der Waals surface area contributed by atoms with Crippen molar-refractivity contribution in [2.75, 3.05) is 18.1 Å². The van der Waals surface area contributed by atoms with Gasteiger partial charge in [-0.25, -0.2) is 4.39 Å². The summed E-state index contributed by atoms with van der Waals surface area (Å²) >= 11 is 8.03. The molecule has 0 aliphatic carbocycles. The highest BCUT2D eigenvalue weighted by molar-refractivity contribution is 7.99. The Balaban J connectivity index is 2.60. The molecule has 4 heteroatoms. The molecule has 1 aromatic rings. The van der Waals surface area contributed by atoms with E-state index >= 15 is 0 Å². The van der Waals surface area contributed by atoms with Crippen LogP contribution in [0.2, 0.25) is 5.02 Å². The van der Waals surface area contributed by atoms with Crippen molar-refractivity contribution in [1.82, 2.24) is 5.32 Å². The Morgan fingerprint density at radius 1 is 1.39 bits per heavy atom. The first kappa shape index (κ1) is 15.8. The Labute approximate surface area is 118 Å². The quantitative estimate of drug-likeness (QED) is 0.722. The van der Waals surface area contributed by atoms with Crippen LogP contribution in [0.5, 0.6) is 0 Å². The minimum Gasteiger partial charge on any atom is -0.313 e. The van der Waals surface area contributed by atoms with Gasteiger partial charge in [-0.2, -0.15) is 11.8 Å². The number of thioether (sulfide) groups is 1. The molecule has 1 unspecified atom stereocenters. The molecule has 1 atom stereocenters. The number of hydrogen-bond donors (Lipinski definition) is 1. The van der Waals surface area contributed by atoms with Gasteiger partial charge in [0.2, 0.25) is 0 Å². The van der Waals surface area contributed by atoms with Gasteiger partial charge < -0.3 is 5.32 Å². The summed E-state index contributed by atoms with van der Waals surface area (Å²) in [5, 5.41) is 4.09. The summed E-state index contributed by atoms with van der Waals surface area (Å²) in [5.41, 5.74) is 0.889. The molecule has 18 heavy (non-hydrogen) atoms. The summed E-state index contributed by atoms with van der Waals surface area (Å²) in [6.45, 7) is 5.19. The first-order chi connectivity index (χ1) is 8.67. The standard InChI is InChI=1S/C14H21ClFNS/c1-3-7-18-10-13(17-4-2)9-11-8-12(16)5-6-14(11)15/h5-6,8,13,17H,3-4,7,9-10H2,1-2H3. The van der Waals surface area contributed by atoms with E-state index in [1.54, 1.807) is 6.07 Å². The molecule has 0 aliphatic heterocycles. The topological polar surface area (TPSA) is 12.0 Å². The van der Waals surface area contributed by atoms with Crippen LogP contribution >= 0.6 is 23.4 Å². The average Bonchev–Trinajstić information content (AvgIpc) is 2.34.